The Labute approximate surface area is 208 Å². The first kappa shape index (κ1) is 19.8. The molecule has 0 heterocycles. The van der Waals surface area contributed by atoms with E-state index in [1.165, 1.54) is 55.6 Å². The van der Waals surface area contributed by atoms with Gasteiger partial charge in [0.25, 0.3) is 0 Å². The first-order chi connectivity index (χ1) is 16.7. The van der Waals surface area contributed by atoms with E-state index in [1.54, 1.807) is 0 Å². The van der Waals surface area contributed by atoms with Crippen molar-refractivity contribution < 1.29 is 0 Å². The molecule has 5 aromatic rings. The summed E-state index contributed by atoms with van der Waals surface area (Å²) in [6, 6.07) is 40.2. The summed E-state index contributed by atoms with van der Waals surface area (Å²) >= 11 is 3.78. The van der Waals surface area contributed by atoms with Crippen molar-refractivity contribution in [3.63, 3.8) is 0 Å². The normalized spacial score (nSPS) is 16.6. The van der Waals surface area contributed by atoms with Gasteiger partial charge in [-0.2, -0.15) is 0 Å². The van der Waals surface area contributed by atoms with Crippen LogP contribution >= 0.6 is 15.9 Å². The van der Waals surface area contributed by atoms with Gasteiger partial charge in [-0.1, -0.05) is 114 Å². The molecule has 5 aromatic carbocycles. The molecule has 0 nitrogen and oxygen atoms in total. The predicted octanol–water partition coefficient (Wildman–Crippen LogP) is 9.10. The zero-order valence-corrected chi connectivity index (χ0v) is 20.1. The highest BCUT2D eigenvalue weighted by atomic mass is 79.9. The molecule has 1 spiro atoms. The smallest absolute Gasteiger partial charge is 0.0726 e. The van der Waals surface area contributed by atoms with Gasteiger partial charge in [-0.05, 0) is 85.5 Å². The molecule has 1 unspecified atom stereocenters. The molecule has 2 aliphatic carbocycles. The third kappa shape index (κ3) is 2.48. The minimum Gasteiger partial charge on any atom is -0.0985 e. The van der Waals surface area contributed by atoms with Gasteiger partial charge in [0.15, 0.2) is 0 Å². The van der Waals surface area contributed by atoms with Crippen LogP contribution in [0.4, 0.5) is 0 Å². The second-order valence-electron chi connectivity index (χ2n) is 9.12. The van der Waals surface area contributed by atoms with Crippen molar-refractivity contribution in [1.29, 1.82) is 0 Å². The van der Waals surface area contributed by atoms with Gasteiger partial charge in [0.1, 0.15) is 0 Å². The lowest BCUT2D eigenvalue weighted by molar-refractivity contribution is 0.793. The first-order valence-corrected chi connectivity index (χ1v) is 12.4. The van der Waals surface area contributed by atoms with Crippen LogP contribution in [0.1, 0.15) is 27.8 Å². The highest BCUT2D eigenvalue weighted by Crippen LogP contribution is 2.63. The molecule has 0 saturated heterocycles. The fraction of sp³-hybridized carbons (Fsp3) is 0.0303. The van der Waals surface area contributed by atoms with Crippen LogP contribution in [-0.4, -0.2) is 0 Å². The minimum atomic E-state index is -0.326. The fourth-order valence-electron chi connectivity index (χ4n) is 6.14. The number of hydrogen-bond acceptors (Lipinski definition) is 0. The van der Waals surface area contributed by atoms with E-state index < -0.39 is 0 Å². The van der Waals surface area contributed by atoms with Crippen LogP contribution in [-0.2, 0) is 5.41 Å². The first-order valence-electron chi connectivity index (χ1n) is 11.6. The highest BCUT2D eigenvalue weighted by molar-refractivity contribution is 9.10. The molecule has 2 aliphatic rings. The fourth-order valence-corrected chi connectivity index (χ4v) is 6.50. The van der Waals surface area contributed by atoms with Gasteiger partial charge in [-0.15, -0.1) is 0 Å². The van der Waals surface area contributed by atoms with Crippen molar-refractivity contribution in [3.8, 4) is 33.4 Å². The molecule has 0 saturated carbocycles. The molecule has 0 aromatic heterocycles. The number of benzene rings is 5. The summed E-state index contributed by atoms with van der Waals surface area (Å²) in [4.78, 5) is 0. The van der Waals surface area contributed by atoms with E-state index in [9.17, 15) is 0 Å². The Hall–Kier alpha value is -3.68. The van der Waals surface area contributed by atoms with Crippen LogP contribution in [0.3, 0.4) is 0 Å². The maximum Gasteiger partial charge on any atom is 0.0726 e. The van der Waals surface area contributed by atoms with Crippen LogP contribution in [0.15, 0.2) is 120 Å². The van der Waals surface area contributed by atoms with Gasteiger partial charge in [-0.25, -0.2) is 0 Å². The molecule has 0 N–H and O–H groups in total. The number of fused-ring (bicyclic) bond motifs is 10. The molecule has 0 aliphatic heterocycles. The van der Waals surface area contributed by atoms with Gasteiger partial charge in [-0.3, -0.25) is 0 Å². The second-order valence-corrected chi connectivity index (χ2v) is 10.0. The Morgan fingerprint density at radius 3 is 1.82 bits per heavy atom. The maximum absolute atomic E-state index is 3.96. The molecular formula is C33H21Br. The molecule has 1 atom stereocenters. The SMILES string of the molecule is C=Cc1cccc(-c2ccc3c(c2)C2(c4ccccc4-c4ccc(Br)cc42)c2ccccc2-3)c1. The van der Waals surface area contributed by atoms with Crippen LogP contribution in [0.25, 0.3) is 39.5 Å². The average Bonchev–Trinajstić information content (AvgIpc) is 3.35. The van der Waals surface area contributed by atoms with Crippen molar-refractivity contribution in [2.75, 3.05) is 0 Å². The Balaban J connectivity index is 1.61. The van der Waals surface area contributed by atoms with Crippen molar-refractivity contribution >= 4 is 22.0 Å². The molecule has 34 heavy (non-hydrogen) atoms. The van der Waals surface area contributed by atoms with Gasteiger partial charge < -0.3 is 0 Å². The zero-order valence-electron chi connectivity index (χ0n) is 18.6. The summed E-state index contributed by atoms with van der Waals surface area (Å²) in [5, 5.41) is 0. The summed E-state index contributed by atoms with van der Waals surface area (Å²) in [7, 11) is 0. The molecule has 1 heteroatoms. The van der Waals surface area contributed by atoms with Crippen molar-refractivity contribution in [3.05, 3.63) is 148 Å². The Kier molecular flexibility index (Phi) is 4.16. The van der Waals surface area contributed by atoms with Crippen molar-refractivity contribution in [2.24, 2.45) is 0 Å². The van der Waals surface area contributed by atoms with Crippen LogP contribution in [0, 0.1) is 0 Å². The molecule has 0 radical (unpaired) electrons. The minimum absolute atomic E-state index is 0.326. The van der Waals surface area contributed by atoms with Crippen molar-refractivity contribution in [1.82, 2.24) is 0 Å². The van der Waals surface area contributed by atoms with E-state index in [2.05, 4.69) is 132 Å². The molecule has 0 bridgehead atoms. The van der Waals surface area contributed by atoms with Gasteiger partial charge in [0.05, 0.1) is 5.41 Å². The monoisotopic (exact) mass is 496 g/mol. The Morgan fingerprint density at radius 1 is 0.529 bits per heavy atom. The summed E-state index contributed by atoms with van der Waals surface area (Å²) in [6.45, 7) is 3.96. The summed E-state index contributed by atoms with van der Waals surface area (Å²) in [5.74, 6) is 0. The molecule has 0 amide bonds. The number of halogens is 1. The third-order valence-electron chi connectivity index (χ3n) is 7.51. The standard InChI is InChI=1S/C33H21Br/c1-2-21-8-7-9-22(18-21)23-14-16-27-25-10-3-5-12-29(25)33(31(27)19-23)30-13-6-4-11-26(30)28-17-15-24(34)20-32(28)33/h2-20H,1H2. The second kappa shape index (κ2) is 7.16. The summed E-state index contributed by atoms with van der Waals surface area (Å²) in [5.41, 5.74) is 14.0. The highest BCUT2D eigenvalue weighted by Gasteiger charge is 2.51. The van der Waals surface area contributed by atoms with E-state index in [0.717, 1.165) is 10.0 Å². The van der Waals surface area contributed by atoms with Gasteiger partial charge >= 0.3 is 0 Å². The largest absolute Gasteiger partial charge is 0.0985 e. The van der Waals surface area contributed by atoms with E-state index in [1.807, 2.05) is 6.08 Å². The number of hydrogen-bond donors (Lipinski definition) is 0. The third-order valence-corrected chi connectivity index (χ3v) is 8.00. The Morgan fingerprint density at radius 2 is 1.12 bits per heavy atom. The lowest BCUT2D eigenvalue weighted by Crippen LogP contribution is -2.25. The van der Waals surface area contributed by atoms with E-state index in [0.29, 0.717) is 0 Å². The summed E-state index contributed by atoms with van der Waals surface area (Å²) in [6.07, 6.45) is 1.91. The van der Waals surface area contributed by atoms with Gasteiger partial charge in [0.2, 0.25) is 0 Å². The summed E-state index contributed by atoms with van der Waals surface area (Å²) < 4.78 is 1.11. The molecule has 160 valence electrons. The quantitative estimate of drug-likeness (QED) is 0.223. The zero-order chi connectivity index (χ0) is 22.9. The number of rotatable bonds is 2. The van der Waals surface area contributed by atoms with E-state index in [4.69, 9.17) is 0 Å². The maximum atomic E-state index is 3.96. The van der Waals surface area contributed by atoms with E-state index in [-0.39, 0.29) is 5.41 Å². The van der Waals surface area contributed by atoms with Crippen LogP contribution in [0.2, 0.25) is 0 Å². The van der Waals surface area contributed by atoms with Crippen molar-refractivity contribution in [2.45, 2.75) is 5.41 Å². The van der Waals surface area contributed by atoms with Crippen LogP contribution < -0.4 is 0 Å². The average molecular weight is 497 g/mol. The lowest BCUT2D eigenvalue weighted by atomic mass is 9.70. The molecule has 7 rings (SSSR count). The van der Waals surface area contributed by atoms with Gasteiger partial charge in [0, 0.05) is 4.47 Å². The lowest BCUT2D eigenvalue weighted by Gasteiger charge is -2.30. The molecule has 0 fully saturated rings. The topological polar surface area (TPSA) is 0 Å². The van der Waals surface area contributed by atoms with E-state index >= 15 is 0 Å². The molecular weight excluding hydrogens is 476 g/mol. The van der Waals surface area contributed by atoms with Crippen LogP contribution in [0.5, 0.6) is 0 Å². The predicted molar refractivity (Wildman–Crippen MR) is 146 cm³/mol. The Bertz CT molecular complexity index is 1630.